The van der Waals surface area contributed by atoms with Gasteiger partial charge in [-0.15, -0.1) is 0 Å². The van der Waals surface area contributed by atoms with Gasteiger partial charge in [0.2, 0.25) is 0 Å². The Labute approximate surface area is 103 Å². The molecule has 1 unspecified atom stereocenters. The van der Waals surface area contributed by atoms with Crippen LogP contribution in [0.5, 0.6) is 0 Å². The summed E-state index contributed by atoms with van der Waals surface area (Å²) in [5, 5.41) is 0.781. The summed E-state index contributed by atoms with van der Waals surface area (Å²) in [7, 11) is 0. The predicted molar refractivity (Wildman–Crippen MR) is 70.3 cm³/mol. The lowest BCUT2D eigenvalue weighted by Gasteiger charge is -2.24. The number of hydrogen-bond donors (Lipinski definition) is 2. The second-order valence-electron chi connectivity index (χ2n) is 4.18. The Morgan fingerprint density at radius 1 is 1.19 bits per heavy atom. The summed E-state index contributed by atoms with van der Waals surface area (Å²) in [4.78, 5) is 0. The van der Waals surface area contributed by atoms with Gasteiger partial charge in [0.05, 0.1) is 0 Å². The van der Waals surface area contributed by atoms with E-state index in [1.165, 1.54) is 5.56 Å². The number of rotatable bonds is 6. The molecule has 0 spiro atoms. The van der Waals surface area contributed by atoms with Crippen LogP contribution in [-0.2, 0) is 6.42 Å². The molecule has 0 saturated heterocycles. The van der Waals surface area contributed by atoms with E-state index in [2.05, 4.69) is 31.4 Å². The first-order chi connectivity index (χ1) is 7.71. The van der Waals surface area contributed by atoms with E-state index in [-0.39, 0.29) is 0 Å². The maximum Gasteiger partial charge on any atom is 0.0406 e. The van der Waals surface area contributed by atoms with Gasteiger partial charge in [0.1, 0.15) is 0 Å². The smallest absolute Gasteiger partial charge is 0.0406 e. The fourth-order valence-corrected chi connectivity index (χ4v) is 2.22. The van der Waals surface area contributed by atoms with Crippen molar-refractivity contribution in [2.24, 2.45) is 11.8 Å². The van der Waals surface area contributed by atoms with Gasteiger partial charge in [0.25, 0.3) is 0 Å². The lowest BCUT2D eigenvalue weighted by molar-refractivity contribution is 0.335. The van der Waals surface area contributed by atoms with Gasteiger partial charge in [-0.2, -0.15) is 0 Å². The van der Waals surface area contributed by atoms with Crippen LogP contribution >= 0.6 is 11.6 Å². The van der Waals surface area contributed by atoms with Crippen LogP contribution in [0.15, 0.2) is 24.3 Å². The molecule has 3 heteroatoms. The molecule has 90 valence electrons. The van der Waals surface area contributed by atoms with Crippen LogP contribution in [0, 0.1) is 5.92 Å². The van der Waals surface area contributed by atoms with Gasteiger partial charge in [-0.3, -0.25) is 11.3 Å². The molecule has 0 amide bonds. The lowest BCUT2D eigenvalue weighted by Crippen LogP contribution is -2.42. The van der Waals surface area contributed by atoms with Crippen molar-refractivity contribution in [3.05, 3.63) is 34.9 Å². The zero-order valence-electron chi connectivity index (χ0n) is 10.0. The first kappa shape index (κ1) is 13.5. The second-order valence-corrected chi connectivity index (χ2v) is 4.62. The van der Waals surface area contributed by atoms with E-state index in [0.717, 1.165) is 24.3 Å². The van der Waals surface area contributed by atoms with Crippen molar-refractivity contribution in [1.82, 2.24) is 5.43 Å². The van der Waals surface area contributed by atoms with Gasteiger partial charge < -0.3 is 0 Å². The first-order valence-electron chi connectivity index (χ1n) is 5.91. The number of nitrogens with one attached hydrogen (secondary N) is 1. The van der Waals surface area contributed by atoms with Crippen LogP contribution in [0.4, 0.5) is 0 Å². The van der Waals surface area contributed by atoms with Crippen molar-refractivity contribution in [1.29, 1.82) is 0 Å². The number of benzene rings is 1. The molecule has 0 aliphatic rings. The average Bonchev–Trinajstić information content (AvgIpc) is 2.32. The van der Waals surface area contributed by atoms with Crippen molar-refractivity contribution in [2.45, 2.75) is 39.2 Å². The number of nitrogens with two attached hydrogens (primary N) is 1. The molecule has 0 radical (unpaired) electrons. The molecule has 0 aromatic heterocycles. The molecule has 2 nitrogen and oxygen atoms in total. The van der Waals surface area contributed by atoms with Gasteiger partial charge in [-0.1, -0.05) is 50.4 Å². The summed E-state index contributed by atoms with van der Waals surface area (Å²) < 4.78 is 0. The van der Waals surface area contributed by atoms with Crippen LogP contribution in [0.1, 0.15) is 32.3 Å². The molecule has 16 heavy (non-hydrogen) atoms. The molecule has 0 bridgehead atoms. The Balaban J connectivity index is 2.65. The van der Waals surface area contributed by atoms with Crippen LogP contribution in [0.3, 0.4) is 0 Å². The minimum atomic E-state index is 0.344. The third-order valence-electron chi connectivity index (χ3n) is 3.20. The average molecular weight is 241 g/mol. The van der Waals surface area contributed by atoms with Gasteiger partial charge in [0.15, 0.2) is 0 Å². The molecule has 1 rings (SSSR count). The molecule has 0 aliphatic carbocycles. The molecule has 1 aromatic rings. The van der Waals surface area contributed by atoms with Crippen LogP contribution < -0.4 is 11.3 Å². The highest BCUT2D eigenvalue weighted by Gasteiger charge is 2.17. The third-order valence-corrected chi connectivity index (χ3v) is 3.45. The van der Waals surface area contributed by atoms with Crippen molar-refractivity contribution in [3.8, 4) is 0 Å². The first-order valence-corrected chi connectivity index (χ1v) is 6.29. The fraction of sp³-hybridized carbons (Fsp3) is 0.538. The summed E-state index contributed by atoms with van der Waals surface area (Å²) in [5.41, 5.74) is 4.21. The van der Waals surface area contributed by atoms with Crippen LogP contribution in [-0.4, -0.2) is 6.04 Å². The van der Waals surface area contributed by atoms with E-state index in [1.807, 2.05) is 12.1 Å². The standard InChI is InChI=1S/C13H21ClN2/c1-3-11(4-2)13(16-15)9-10-5-7-12(14)8-6-10/h5-8,11,13,16H,3-4,9,15H2,1-2H3. The van der Waals surface area contributed by atoms with Crippen LogP contribution in [0.25, 0.3) is 0 Å². The Kier molecular flexibility index (Phi) is 5.81. The van der Waals surface area contributed by atoms with E-state index in [1.54, 1.807) is 0 Å². The van der Waals surface area contributed by atoms with E-state index < -0.39 is 0 Å². The molecule has 0 saturated carbocycles. The van der Waals surface area contributed by atoms with E-state index >= 15 is 0 Å². The summed E-state index contributed by atoms with van der Waals surface area (Å²) in [6.45, 7) is 4.42. The molecular formula is C13H21ClN2. The summed E-state index contributed by atoms with van der Waals surface area (Å²) >= 11 is 5.86. The fourth-order valence-electron chi connectivity index (χ4n) is 2.09. The normalized spacial score (nSPS) is 13.1. The number of hydrogen-bond acceptors (Lipinski definition) is 2. The predicted octanol–water partition coefficient (Wildman–Crippen LogP) is 3.15. The lowest BCUT2D eigenvalue weighted by atomic mass is 9.90. The van der Waals surface area contributed by atoms with E-state index in [9.17, 15) is 0 Å². The maximum absolute atomic E-state index is 5.86. The molecule has 1 atom stereocenters. The Morgan fingerprint density at radius 2 is 1.75 bits per heavy atom. The Morgan fingerprint density at radius 3 is 2.19 bits per heavy atom. The van der Waals surface area contributed by atoms with Crippen molar-refractivity contribution < 1.29 is 0 Å². The highest BCUT2D eigenvalue weighted by Crippen LogP contribution is 2.18. The van der Waals surface area contributed by atoms with Gasteiger partial charge in [0, 0.05) is 11.1 Å². The molecule has 1 aromatic carbocycles. The molecule has 3 N–H and O–H groups in total. The van der Waals surface area contributed by atoms with E-state index in [4.69, 9.17) is 17.4 Å². The zero-order valence-corrected chi connectivity index (χ0v) is 10.8. The molecule has 0 aliphatic heterocycles. The second kappa shape index (κ2) is 6.89. The Hall–Kier alpha value is -0.570. The van der Waals surface area contributed by atoms with Crippen molar-refractivity contribution >= 4 is 11.6 Å². The largest absolute Gasteiger partial charge is 0.271 e. The molecular weight excluding hydrogens is 220 g/mol. The van der Waals surface area contributed by atoms with Gasteiger partial charge >= 0.3 is 0 Å². The third kappa shape index (κ3) is 3.78. The maximum atomic E-state index is 5.86. The summed E-state index contributed by atoms with van der Waals surface area (Å²) in [6, 6.07) is 8.33. The number of hydrazine groups is 1. The van der Waals surface area contributed by atoms with Crippen LogP contribution in [0.2, 0.25) is 5.02 Å². The SMILES string of the molecule is CCC(CC)C(Cc1ccc(Cl)cc1)NN. The minimum Gasteiger partial charge on any atom is -0.271 e. The van der Waals surface area contributed by atoms with Gasteiger partial charge in [-0.25, -0.2) is 0 Å². The monoisotopic (exact) mass is 240 g/mol. The van der Waals surface area contributed by atoms with Crippen molar-refractivity contribution in [2.75, 3.05) is 0 Å². The molecule has 0 fully saturated rings. The summed E-state index contributed by atoms with van der Waals surface area (Å²) in [6.07, 6.45) is 3.26. The van der Waals surface area contributed by atoms with Gasteiger partial charge in [-0.05, 0) is 30.0 Å². The van der Waals surface area contributed by atoms with E-state index in [0.29, 0.717) is 12.0 Å². The highest BCUT2D eigenvalue weighted by atomic mass is 35.5. The Bertz CT molecular complexity index is 293. The highest BCUT2D eigenvalue weighted by molar-refractivity contribution is 6.30. The topological polar surface area (TPSA) is 38.0 Å². The minimum absolute atomic E-state index is 0.344. The number of halogens is 1. The summed E-state index contributed by atoms with van der Waals surface area (Å²) in [5.74, 6) is 6.25. The quantitative estimate of drug-likeness (QED) is 0.592. The zero-order chi connectivity index (χ0) is 12.0. The molecule has 0 heterocycles. The van der Waals surface area contributed by atoms with Crippen molar-refractivity contribution in [3.63, 3.8) is 0 Å².